The van der Waals surface area contributed by atoms with Gasteiger partial charge < -0.3 is 4.42 Å². The van der Waals surface area contributed by atoms with Gasteiger partial charge in [-0.15, -0.1) is 10.2 Å². The predicted molar refractivity (Wildman–Crippen MR) is 82.5 cm³/mol. The smallest absolute Gasteiger partial charge is 0.235 e. The zero-order valence-corrected chi connectivity index (χ0v) is 13.0. The lowest BCUT2D eigenvalue weighted by Crippen LogP contribution is -1.93. The molecular formula is C14H14N6OS. The fourth-order valence-electron chi connectivity index (χ4n) is 2.30. The van der Waals surface area contributed by atoms with Crippen molar-refractivity contribution in [3.63, 3.8) is 0 Å². The van der Waals surface area contributed by atoms with Gasteiger partial charge in [0.15, 0.2) is 10.8 Å². The summed E-state index contributed by atoms with van der Waals surface area (Å²) < 4.78 is 7.06. The van der Waals surface area contributed by atoms with Crippen molar-refractivity contribution in [1.29, 1.82) is 0 Å². The molecule has 0 bridgehead atoms. The van der Waals surface area contributed by atoms with Gasteiger partial charge in [0.1, 0.15) is 5.69 Å². The Morgan fingerprint density at radius 2 is 2.27 bits per heavy atom. The lowest BCUT2D eigenvalue weighted by Gasteiger charge is -1.98. The van der Waals surface area contributed by atoms with Crippen molar-refractivity contribution in [2.45, 2.75) is 20.3 Å². The minimum Gasteiger partial charge on any atom is -0.461 e. The van der Waals surface area contributed by atoms with Gasteiger partial charge in [0, 0.05) is 5.69 Å². The van der Waals surface area contributed by atoms with Crippen LogP contribution in [0.15, 0.2) is 28.9 Å². The fourth-order valence-corrected chi connectivity index (χ4v) is 3.10. The molecule has 0 saturated carbocycles. The van der Waals surface area contributed by atoms with Crippen LogP contribution in [0.25, 0.3) is 27.2 Å². The van der Waals surface area contributed by atoms with Gasteiger partial charge >= 0.3 is 0 Å². The van der Waals surface area contributed by atoms with E-state index in [0.717, 1.165) is 27.8 Å². The summed E-state index contributed by atoms with van der Waals surface area (Å²) >= 11 is 1.45. The number of hydrogen-bond donors (Lipinski definition) is 1. The second-order valence-electron chi connectivity index (χ2n) is 5.48. The summed E-state index contributed by atoms with van der Waals surface area (Å²) in [6, 6.07) is 5.69. The van der Waals surface area contributed by atoms with Gasteiger partial charge in [-0.2, -0.15) is 14.7 Å². The largest absolute Gasteiger partial charge is 0.461 e. The number of nitrogens with one attached hydrogen (secondary N) is 1. The molecular weight excluding hydrogens is 300 g/mol. The number of rotatable bonds is 4. The van der Waals surface area contributed by atoms with Crippen LogP contribution in [-0.2, 0) is 6.42 Å². The molecule has 7 nitrogen and oxygen atoms in total. The molecule has 8 heteroatoms. The van der Waals surface area contributed by atoms with Gasteiger partial charge in [-0.1, -0.05) is 25.2 Å². The maximum atomic E-state index is 5.37. The minimum atomic E-state index is 0.580. The molecule has 0 aromatic carbocycles. The van der Waals surface area contributed by atoms with Crippen molar-refractivity contribution in [1.82, 2.24) is 30.0 Å². The van der Waals surface area contributed by atoms with Crippen LogP contribution < -0.4 is 0 Å². The van der Waals surface area contributed by atoms with Crippen LogP contribution >= 0.6 is 11.3 Å². The van der Waals surface area contributed by atoms with Gasteiger partial charge in [0.25, 0.3) is 0 Å². The highest BCUT2D eigenvalue weighted by molar-refractivity contribution is 7.19. The van der Waals surface area contributed by atoms with Crippen molar-refractivity contribution in [3.8, 4) is 22.3 Å². The number of nitrogens with zero attached hydrogens (tertiary/aromatic N) is 5. The molecule has 22 heavy (non-hydrogen) atoms. The maximum Gasteiger partial charge on any atom is 0.235 e. The first-order chi connectivity index (χ1) is 10.7. The number of hydrogen-bond acceptors (Lipinski definition) is 6. The van der Waals surface area contributed by atoms with Crippen molar-refractivity contribution >= 4 is 16.3 Å². The Morgan fingerprint density at radius 3 is 3.05 bits per heavy atom. The summed E-state index contributed by atoms with van der Waals surface area (Å²) in [6.07, 6.45) is 2.57. The zero-order valence-electron chi connectivity index (χ0n) is 12.1. The van der Waals surface area contributed by atoms with E-state index in [1.807, 2.05) is 18.2 Å². The Morgan fingerprint density at radius 1 is 1.36 bits per heavy atom. The van der Waals surface area contributed by atoms with Gasteiger partial charge in [0.2, 0.25) is 10.8 Å². The Kier molecular flexibility index (Phi) is 3.04. The lowest BCUT2D eigenvalue weighted by molar-refractivity contribution is 0.575. The second-order valence-corrected chi connectivity index (χ2v) is 6.43. The number of aromatic amines is 1. The third-order valence-electron chi connectivity index (χ3n) is 3.21. The first-order valence-electron chi connectivity index (χ1n) is 7.01. The molecule has 0 saturated heterocycles. The minimum absolute atomic E-state index is 0.580. The van der Waals surface area contributed by atoms with Crippen LogP contribution in [0.2, 0.25) is 0 Å². The van der Waals surface area contributed by atoms with Crippen LogP contribution in [0.1, 0.15) is 19.5 Å². The van der Waals surface area contributed by atoms with E-state index in [1.54, 1.807) is 10.8 Å². The van der Waals surface area contributed by atoms with Crippen LogP contribution in [-0.4, -0.2) is 30.0 Å². The molecule has 112 valence electrons. The first kappa shape index (κ1) is 13.2. The Hall–Kier alpha value is -2.48. The topological polar surface area (TPSA) is 84.9 Å². The fraction of sp³-hybridized carbons (Fsp3) is 0.286. The van der Waals surface area contributed by atoms with E-state index in [2.05, 4.69) is 39.3 Å². The van der Waals surface area contributed by atoms with Crippen LogP contribution in [0.5, 0.6) is 0 Å². The average molecular weight is 314 g/mol. The molecule has 0 unspecified atom stereocenters. The second kappa shape index (κ2) is 5.06. The molecule has 0 aliphatic heterocycles. The average Bonchev–Trinajstić information content (AvgIpc) is 3.21. The van der Waals surface area contributed by atoms with Gasteiger partial charge in [0.05, 0.1) is 6.26 Å². The normalized spacial score (nSPS) is 11.8. The van der Waals surface area contributed by atoms with Crippen molar-refractivity contribution < 1.29 is 4.42 Å². The third kappa shape index (κ3) is 2.21. The first-order valence-corrected chi connectivity index (χ1v) is 7.83. The lowest BCUT2D eigenvalue weighted by atomic mass is 10.1. The van der Waals surface area contributed by atoms with Crippen LogP contribution in [0.3, 0.4) is 0 Å². The molecule has 4 aromatic rings. The Balaban J connectivity index is 1.72. The molecule has 0 amide bonds. The van der Waals surface area contributed by atoms with Crippen molar-refractivity contribution in [3.05, 3.63) is 30.2 Å². The third-order valence-corrected chi connectivity index (χ3v) is 4.13. The number of aromatic nitrogens is 6. The molecule has 0 radical (unpaired) electrons. The summed E-state index contributed by atoms with van der Waals surface area (Å²) in [6.45, 7) is 4.36. The quantitative estimate of drug-likeness (QED) is 0.626. The summed E-state index contributed by atoms with van der Waals surface area (Å²) in [7, 11) is 0. The van der Waals surface area contributed by atoms with E-state index in [9.17, 15) is 0 Å². The van der Waals surface area contributed by atoms with E-state index in [1.165, 1.54) is 11.3 Å². The summed E-state index contributed by atoms with van der Waals surface area (Å²) in [5.41, 5.74) is 1.94. The highest BCUT2D eigenvalue weighted by Gasteiger charge is 2.17. The molecule has 0 atom stereocenters. The number of H-pyrrole nitrogens is 1. The Labute approximate surface area is 130 Å². The molecule has 4 rings (SSSR count). The highest BCUT2D eigenvalue weighted by Crippen LogP contribution is 2.27. The zero-order chi connectivity index (χ0) is 15.1. The van der Waals surface area contributed by atoms with E-state index in [4.69, 9.17) is 4.42 Å². The SMILES string of the molecule is CC(C)Cc1cc(-c2nn3c(-c4ccco4)nnc3s2)n[nH]1. The molecule has 0 aliphatic rings. The summed E-state index contributed by atoms with van der Waals surface area (Å²) in [5.74, 6) is 1.82. The van der Waals surface area contributed by atoms with Gasteiger partial charge in [-0.25, -0.2) is 0 Å². The van der Waals surface area contributed by atoms with Crippen molar-refractivity contribution in [2.75, 3.05) is 0 Å². The van der Waals surface area contributed by atoms with Crippen molar-refractivity contribution in [2.24, 2.45) is 5.92 Å². The van der Waals surface area contributed by atoms with E-state index < -0.39 is 0 Å². The molecule has 0 fully saturated rings. The molecule has 0 spiro atoms. The molecule has 4 heterocycles. The van der Waals surface area contributed by atoms with Crippen LogP contribution in [0.4, 0.5) is 0 Å². The predicted octanol–water partition coefficient (Wildman–Crippen LogP) is 3.03. The Bertz CT molecular complexity index is 901. The monoisotopic (exact) mass is 314 g/mol. The summed E-state index contributed by atoms with van der Waals surface area (Å²) in [5, 5.41) is 21.0. The molecule has 1 N–H and O–H groups in total. The molecule has 4 aromatic heterocycles. The molecule has 0 aliphatic carbocycles. The standard InChI is InChI=1S/C14H14N6OS/c1-8(2)6-9-7-10(16-15-9)13-19-20-12(11-4-3-5-21-11)17-18-14(20)22-13/h3-5,7-8H,6H2,1-2H3,(H,15,16). The highest BCUT2D eigenvalue weighted by atomic mass is 32.1. The van der Waals surface area contributed by atoms with Crippen LogP contribution in [0, 0.1) is 5.92 Å². The van der Waals surface area contributed by atoms with E-state index in [0.29, 0.717) is 17.5 Å². The van der Waals surface area contributed by atoms with E-state index in [-0.39, 0.29) is 0 Å². The summed E-state index contributed by atoms with van der Waals surface area (Å²) in [4.78, 5) is 0.717. The number of fused-ring (bicyclic) bond motifs is 1. The van der Waals surface area contributed by atoms with E-state index >= 15 is 0 Å². The maximum absolute atomic E-state index is 5.37. The van der Waals surface area contributed by atoms with Gasteiger partial charge in [-0.3, -0.25) is 5.10 Å². The van der Waals surface area contributed by atoms with Gasteiger partial charge in [-0.05, 0) is 30.5 Å². The number of furan rings is 1.